The molecule has 9 nitrogen and oxygen atoms in total. The summed E-state index contributed by atoms with van der Waals surface area (Å²) in [5.41, 5.74) is 0.986. The van der Waals surface area contributed by atoms with Crippen molar-refractivity contribution in [2.75, 3.05) is 45.7 Å². The summed E-state index contributed by atoms with van der Waals surface area (Å²) < 4.78 is 36.4. The van der Waals surface area contributed by atoms with Crippen molar-refractivity contribution in [3.63, 3.8) is 0 Å². The van der Waals surface area contributed by atoms with Crippen molar-refractivity contribution in [3.05, 3.63) is 35.9 Å². The molecule has 1 aromatic carbocycles. The maximum Gasteiger partial charge on any atom is 0.253 e. The normalized spacial score (nSPS) is 23.8. The number of fused-ring (bicyclic) bond motifs is 1. The van der Waals surface area contributed by atoms with Crippen molar-refractivity contribution in [2.24, 2.45) is 0 Å². The summed E-state index contributed by atoms with van der Waals surface area (Å²) in [5.74, 6) is -0.769. The van der Waals surface area contributed by atoms with Crippen LogP contribution in [0.4, 0.5) is 0 Å². The second kappa shape index (κ2) is 10.3. The van der Waals surface area contributed by atoms with Crippen LogP contribution < -0.4 is 5.32 Å². The van der Waals surface area contributed by atoms with Crippen LogP contribution in [0.3, 0.4) is 0 Å². The number of methoxy groups -OCH3 is 1. The molecule has 2 fully saturated rings. The van der Waals surface area contributed by atoms with E-state index in [0.29, 0.717) is 32.6 Å². The highest BCUT2D eigenvalue weighted by molar-refractivity contribution is 7.89. The van der Waals surface area contributed by atoms with Crippen molar-refractivity contribution < 1.29 is 27.5 Å². The van der Waals surface area contributed by atoms with E-state index in [1.807, 2.05) is 35.2 Å². The number of hydrogen-bond acceptors (Lipinski definition) is 7. The molecule has 30 heavy (non-hydrogen) atoms. The van der Waals surface area contributed by atoms with Gasteiger partial charge in [0.05, 0.1) is 18.4 Å². The van der Waals surface area contributed by atoms with Crippen LogP contribution in [0.2, 0.25) is 0 Å². The summed E-state index contributed by atoms with van der Waals surface area (Å²) in [6, 6.07) is 8.83. The van der Waals surface area contributed by atoms with Crippen LogP contribution >= 0.6 is 0 Å². The topological polar surface area (TPSA) is 105 Å². The smallest absolute Gasteiger partial charge is 0.253 e. The van der Waals surface area contributed by atoms with Crippen molar-refractivity contribution >= 4 is 21.8 Å². The maximum absolute atomic E-state index is 12.9. The van der Waals surface area contributed by atoms with Crippen LogP contribution in [-0.4, -0.2) is 87.2 Å². The van der Waals surface area contributed by atoms with Gasteiger partial charge in [0.15, 0.2) is 0 Å². The van der Waals surface area contributed by atoms with Gasteiger partial charge in [0.1, 0.15) is 6.61 Å². The van der Waals surface area contributed by atoms with E-state index in [9.17, 15) is 18.0 Å². The third kappa shape index (κ3) is 5.78. The van der Waals surface area contributed by atoms with Gasteiger partial charge in [0.25, 0.3) is 5.91 Å². The largest absolute Gasteiger partial charge is 0.385 e. The van der Waals surface area contributed by atoms with E-state index in [-0.39, 0.29) is 37.4 Å². The molecular formula is C20H29N3O6S. The van der Waals surface area contributed by atoms with Gasteiger partial charge in [0, 0.05) is 39.4 Å². The first-order valence-electron chi connectivity index (χ1n) is 10.1. The minimum Gasteiger partial charge on any atom is -0.385 e. The molecule has 0 aliphatic carbocycles. The lowest BCUT2D eigenvalue weighted by atomic mass is 10.1. The van der Waals surface area contributed by atoms with Crippen molar-refractivity contribution in [1.82, 2.24) is 14.5 Å². The third-order valence-corrected chi connectivity index (χ3v) is 7.06. The number of amides is 2. The van der Waals surface area contributed by atoms with Crippen LogP contribution in [0.25, 0.3) is 0 Å². The average Bonchev–Trinajstić information content (AvgIpc) is 3.09. The molecule has 2 aliphatic rings. The number of nitrogens with zero attached hydrogens (tertiary/aromatic N) is 2. The van der Waals surface area contributed by atoms with Gasteiger partial charge in [-0.25, -0.2) is 12.7 Å². The summed E-state index contributed by atoms with van der Waals surface area (Å²) in [4.78, 5) is 27.0. The van der Waals surface area contributed by atoms with Crippen molar-refractivity contribution in [3.8, 4) is 0 Å². The van der Waals surface area contributed by atoms with Crippen LogP contribution in [0.5, 0.6) is 0 Å². The lowest BCUT2D eigenvalue weighted by molar-refractivity contribution is -0.131. The molecule has 3 rings (SSSR count). The summed E-state index contributed by atoms with van der Waals surface area (Å²) >= 11 is 0. The maximum atomic E-state index is 12.9. The van der Waals surface area contributed by atoms with Gasteiger partial charge in [-0.3, -0.25) is 14.5 Å². The number of ether oxygens (including phenoxy) is 2. The second-order valence-corrected chi connectivity index (χ2v) is 9.57. The minimum atomic E-state index is -3.63. The number of sulfonamides is 1. The highest BCUT2D eigenvalue weighted by Crippen LogP contribution is 2.25. The van der Waals surface area contributed by atoms with E-state index in [0.717, 1.165) is 9.87 Å². The summed E-state index contributed by atoms with van der Waals surface area (Å²) in [7, 11) is -2.10. The highest BCUT2D eigenvalue weighted by atomic mass is 32.2. The number of nitrogens with one attached hydrogen (secondary N) is 1. The molecule has 0 bridgehead atoms. The number of carbonyl (C=O) groups is 2. The van der Waals surface area contributed by atoms with Gasteiger partial charge in [-0.1, -0.05) is 30.3 Å². The van der Waals surface area contributed by atoms with Gasteiger partial charge in [-0.05, 0) is 18.4 Å². The van der Waals surface area contributed by atoms with E-state index >= 15 is 0 Å². The highest BCUT2D eigenvalue weighted by Gasteiger charge is 2.45. The van der Waals surface area contributed by atoms with Crippen molar-refractivity contribution in [1.29, 1.82) is 0 Å². The van der Waals surface area contributed by atoms with Gasteiger partial charge < -0.3 is 14.8 Å². The Bertz CT molecular complexity index is 832. The van der Waals surface area contributed by atoms with Crippen LogP contribution in [0.1, 0.15) is 18.4 Å². The fourth-order valence-corrected chi connectivity index (χ4v) is 5.35. The molecule has 2 aliphatic heterocycles. The lowest BCUT2D eigenvalue weighted by Gasteiger charge is -2.23. The Morgan fingerprint density at radius 1 is 1.27 bits per heavy atom. The number of benzene rings is 1. The Balaban J connectivity index is 1.51. The third-order valence-electron chi connectivity index (χ3n) is 5.33. The minimum absolute atomic E-state index is 0.0679. The molecule has 10 heteroatoms. The van der Waals surface area contributed by atoms with Crippen LogP contribution in [-0.2, 0) is 35.7 Å². The van der Waals surface area contributed by atoms with Gasteiger partial charge >= 0.3 is 0 Å². The predicted molar refractivity (Wildman–Crippen MR) is 110 cm³/mol. The molecule has 2 saturated heterocycles. The first-order valence-corrected chi connectivity index (χ1v) is 11.7. The summed E-state index contributed by atoms with van der Waals surface area (Å²) in [5, 5.41) is 2.90. The molecule has 0 saturated carbocycles. The number of hydrogen-bond donors (Lipinski definition) is 1. The molecule has 1 aromatic rings. The zero-order valence-corrected chi connectivity index (χ0v) is 18.0. The Labute approximate surface area is 177 Å². The first kappa shape index (κ1) is 22.7. The standard InChI is InChI=1S/C20H29N3O6S/c1-28-10-5-8-23-20(25)18-12-17(13-22(18)9-11-30(23,26)27)21-19(24)15-29-14-16-6-3-2-4-7-16/h2-4,6-7,17-18H,5,8-15H2,1H3,(H,21,24)/t17-,18-/m0/s1. The quantitative estimate of drug-likeness (QED) is 0.539. The molecule has 1 N–H and O–H groups in total. The zero-order chi connectivity index (χ0) is 21.6. The van der Waals surface area contributed by atoms with Crippen molar-refractivity contribution in [2.45, 2.75) is 31.5 Å². The molecule has 2 amide bonds. The fourth-order valence-electron chi connectivity index (χ4n) is 3.87. The molecule has 0 radical (unpaired) electrons. The molecule has 2 atom stereocenters. The van der Waals surface area contributed by atoms with E-state index in [1.54, 1.807) is 0 Å². The molecule has 0 unspecified atom stereocenters. The van der Waals surface area contributed by atoms with Crippen LogP contribution in [0.15, 0.2) is 30.3 Å². The average molecular weight is 440 g/mol. The van der Waals surface area contributed by atoms with Gasteiger partial charge in [0.2, 0.25) is 15.9 Å². The van der Waals surface area contributed by atoms with E-state index in [4.69, 9.17) is 9.47 Å². The molecule has 0 aromatic heterocycles. The Morgan fingerprint density at radius 2 is 2.03 bits per heavy atom. The zero-order valence-electron chi connectivity index (χ0n) is 17.2. The number of rotatable bonds is 9. The van der Waals surface area contributed by atoms with E-state index in [2.05, 4.69) is 5.32 Å². The fraction of sp³-hybridized carbons (Fsp3) is 0.600. The Hall–Kier alpha value is -2.01. The molecule has 166 valence electrons. The van der Waals surface area contributed by atoms with E-state index < -0.39 is 22.0 Å². The molecule has 0 spiro atoms. The predicted octanol–water partition coefficient (Wildman–Crippen LogP) is -0.0292. The van der Waals surface area contributed by atoms with Gasteiger partial charge in [-0.2, -0.15) is 0 Å². The monoisotopic (exact) mass is 439 g/mol. The summed E-state index contributed by atoms with van der Waals surface area (Å²) in [6.07, 6.45) is 0.840. The lowest BCUT2D eigenvalue weighted by Crippen LogP contribution is -2.44. The van der Waals surface area contributed by atoms with E-state index in [1.165, 1.54) is 7.11 Å². The van der Waals surface area contributed by atoms with Crippen LogP contribution in [0, 0.1) is 0 Å². The molecule has 2 heterocycles. The first-order chi connectivity index (χ1) is 14.4. The molecular weight excluding hydrogens is 410 g/mol. The second-order valence-electron chi connectivity index (χ2n) is 7.56. The number of carbonyl (C=O) groups excluding carboxylic acids is 2. The Morgan fingerprint density at radius 3 is 2.77 bits per heavy atom. The SMILES string of the molecule is COCCCN1C(=O)[C@@H]2C[C@H](NC(=O)COCc3ccccc3)CN2CCS1(=O)=O. The Kier molecular flexibility index (Phi) is 7.81. The summed E-state index contributed by atoms with van der Waals surface area (Å²) in [6.45, 7) is 1.50. The van der Waals surface area contributed by atoms with Gasteiger partial charge in [-0.15, -0.1) is 0 Å².